The molecule has 110 heavy (non-hydrogen) atoms. The summed E-state index contributed by atoms with van der Waals surface area (Å²) in [6.45, 7) is 5.45. The molecule has 0 radical (unpaired) electrons. The molecule has 1 unspecified atom stereocenters. The van der Waals surface area contributed by atoms with Crippen molar-refractivity contribution in [2.45, 2.75) is 165 Å². The molecule has 12 amide bonds. The van der Waals surface area contributed by atoms with E-state index in [0.29, 0.717) is 33.7 Å². The molecule has 0 bridgehead atoms. The Balaban J connectivity index is 1.04. The number of fused-ring (bicyclic) bond motifs is 2. The van der Waals surface area contributed by atoms with E-state index < -0.39 is 144 Å². The molecule has 18 N–H and O–H groups in total. The number of aliphatic hydroxyl groups is 1. The molecule has 1 aliphatic rings. The van der Waals surface area contributed by atoms with E-state index in [1.165, 1.54) is 43.4 Å². The van der Waals surface area contributed by atoms with Crippen molar-refractivity contribution >= 4 is 110 Å². The Hall–Kier alpha value is -11.9. The minimum Gasteiger partial charge on any atom is -0.394 e. The Kier molecular flexibility index (Phi) is 31.6. The lowest BCUT2D eigenvalue weighted by Crippen LogP contribution is -2.61. The Morgan fingerprint density at radius 3 is 1.77 bits per heavy atom. The summed E-state index contributed by atoms with van der Waals surface area (Å²) >= 11 is 6.25. The predicted octanol–water partition coefficient (Wildman–Crippen LogP) is 1.82. The molecule has 1 aliphatic heterocycles. The smallest absolute Gasteiger partial charge is 0.269 e. The highest BCUT2D eigenvalue weighted by atomic mass is 35.5. The Morgan fingerprint density at radius 1 is 0.573 bits per heavy atom. The number of halogens is 1. The lowest BCUT2D eigenvalue weighted by molar-refractivity contribution is -0.142. The Morgan fingerprint density at radius 2 is 1.14 bits per heavy atom. The van der Waals surface area contributed by atoms with Gasteiger partial charge in [-0.05, 0) is 134 Å². The summed E-state index contributed by atoms with van der Waals surface area (Å²) in [5, 5.41) is 51.5. The molecule has 7 aromatic rings. The fraction of sp³-hybridized carbons (Fsp3) is 0.397. The fourth-order valence-corrected chi connectivity index (χ4v) is 12.9. The zero-order valence-corrected chi connectivity index (χ0v) is 62.5. The topological polar surface area (TPSA) is 478 Å². The van der Waals surface area contributed by atoms with Crippen LogP contribution in [0.2, 0.25) is 5.02 Å². The number of likely N-dealkylation sites (tertiary alicyclic amines) is 1. The number of rotatable bonds is 40. The Labute approximate surface area is 641 Å². The highest BCUT2D eigenvalue weighted by Crippen LogP contribution is 2.25. The summed E-state index contributed by atoms with van der Waals surface area (Å²) in [5.74, 6) is -10.0. The fourth-order valence-electron chi connectivity index (χ4n) is 12.8. The van der Waals surface area contributed by atoms with Gasteiger partial charge in [0, 0.05) is 93.0 Å². The van der Waals surface area contributed by atoms with Crippen molar-refractivity contribution in [1.29, 1.82) is 5.41 Å². The summed E-state index contributed by atoms with van der Waals surface area (Å²) in [6, 6.07) is 21.3. The van der Waals surface area contributed by atoms with Crippen molar-refractivity contribution in [1.82, 2.24) is 78.3 Å². The number of nitrogens with two attached hydrogens (primary N) is 2. The lowest BCUT2D eigenvalue weighted by Gasteiger charge is -2.31. The second-order valence-electron chi connectivity index (χ2n) is 27.6. The number of aromatic nitrogens is 3. The lowest BCUT2D eigenvalue weighted by atomic mass is 9.99. The van der Waals surface area contributed by atoms with Gasteiger partial charge in [0.05, 0.1) is 6.61 Å². The van der Waals surface area contributed by atoms with Crippen molar-refractivity contribution < 1.29 is 62.6 Å². The van der Waals surface area contributed by atoms with Crippen LogP contribution in [0.5, 0.6) is 0 Å². The van der Waals surface area contributed by atoms with Crippen LogP contribution in [0.1, 0.15) is 112 Å². The van der Waals surface area contributed by atoms with Crippen LogP contribution < -0.4 is 70.0 Å². The number of guanidine groups is 1. The SMILES string of the molecule is CC(=O)N[C@@H](Cc1ccc2ccccc2c1)C(=O)N[C@H](Cc1ccc(Cl)cc1)C(=O)N[C@H](Cc1cccnc1)C(=O)N[C@@H](CO)C(=O)N[C@@H](CCCNC(=N)N)C(=O)N[C@H](CCCCNC(=O)c1ccccn1)C(=O)N[C@@H](CC(C)C)C(=O)N[C@@H](Cc1c[nH]c2ccccc12)C(=O)N1CCC[C@H]1C(=O)NC(C)C(N)=O. The summed E-state index contributed by atoms with van der Waals surface area (Å²) in [6.07, 6.45) is 6.46. The number of benzene rings is 4. The number of hydrogen-bond acceptors (Lipinski definition) is 16. The molecule has 4 aromatic carbocycles. The van der Waals surface area contributed by atoms with E-state index in [4.69, 9.17) is 28.5 Å². The van der Waals surface area contributed by atoms with Gasteiger partial charge in [-0.3, -0.25) is 72.9 Å². The van der Waals surface area contributed by atoms with Crippen LogP contribution in [-0.4, -0.2) is 188 Å². The number of carbonyl (C=O) groups is 12. The molecule has 584 valence electrons. The van der Waals surface area contributed by atoms with Crippen LogP contribution in [-0.2, 0) is 78.4 Å². The van der Waals surface area contributed by atoms with Gasteiger partial charge in [0.15, 0.2) is 5.96 Å². The maximum Gasteiger partial charge on any atom is 0.269 e. The van der Waals surface area contributed by atoms with Crippen LogP contribution in [0.4, 0.5) is 0 Å². The van der Waals surface area contributed by atoms with E-state index in [1.54, 1.807) is 68.6 Å². The van der Waals surface area contributed by atoms with Crippen molar-refractivity contribution in [3.8, 4) is 0 Å². The van der Waals surface area contributed by atoms with Gasteiger partial charge >= 0.3 is 0 Å². The molecule has 0 aliphatic carbocycles. The second kappa shape index (κ2) is 41.5. The molecule has 0 saturated carbocycles. The normalized spacial score (nSPS) is 15.0. The summed E-state index contributed by atoms with van der Waals surface area (Å²) in [5.41, 5.74) is 14.3. The van der Waals surface area contributed by atoms with Gasteiger partial charge in [0.25, 0.3) is 5.91 Å². The van der Waals surface area contributed by atoms with Crippen LogP contribution >= 0.6 is 11.6 Å². The van der Waals surface area contributed by atoms with E-state index in [2.05, 4.69) is 73.4 Å². The monoisotopic (exact) mass is 1530 g/mol. The maximum atomic E-state index is 15.1. The van der Waals surface area contributed by atoms with E-state index >= 15 is 14.4 Å². The van der Waals surface area contributed by atoms with Crippen LogP contribution in [0.15, 0.2) is 146 Å². The quantitative estimate of drug-likeness (QED) is 0.0148. The molecule has 1 fully saturated rings. The van der Waals surface area contributed by atoms with Gasteiger partial charge in [-0.2, -0.15) is 0 Å². The first-order valence-electron chi connectivity index (χ1n) is 36.6. The molecule has 31 nitrogen and oxygen atoms in total. The predicted molar refractivity (Wildman–Crippen MR) is 412 cm³/mol. The van der Waals surface area contributed by atoms with E-state index in [0.717, 1.165) is 21.7 Å². The first-order chi connectivity index (χ1) is 52.7. The molecule has 0 spiro atoms. The van der Waals surface area contributed by atoms with E-state index in [-0.39, 0.29) is 102 Å². The number of primary amides is 1. The standard InChI is InChI=1S/C78H97ClN18O13/c1-45(2)36-60(71(104)95-64(41-53-43-87-56-20-8-7-19-55(53)56)77(110)97-35-15-24-66(97)76(109)88-46(3)67(80)100)92-70(103)58(22-10-12-33-85-68(101)57-21-9-11-32-84-57)90-69(102)59(23-14-34-86-78(81)82)91-75(108)65(44-98)96-74(107)63(40-50-16-13-31-83-42-50)94-73(106)62(38-48-26-29-54(79)30-27-48)93-72(105)61(89-47(4)99)39-49-25-28-51-17-5-6-18-52(51)37-49/h5-9,11,13,16-21,25-32,37,42-43,45-46,58-66,87,98H,10,12,14-15,22-24,33-36,38-41,44H2,1-4H3,(H2,80,100)(H,85,101)(H,88,109)(H,89,99)(H,90,102)(H,91,108)(H,92,103)(H,93,105)(H,94,106)(H,95,104)(H,96,107)(H4,81,82,86)/t46?,58-,59+,60+,61+,62-,63-,64+,65+,66+/m1/s1. The molecule has 10 atom stereocenters. The first kappa shape index (κ1) is 83.8. The molecular formula is C78H97ClN18O13. The number of pyridine rings is 2. The largest absolute Gasteiger partial charge is 0.394 e. The van der Waals surface area contributed by atoms with Gasteiger partial charge in [-0.15, -0.1) is 0 Å². The molecule has 8 rings (SSSR count). The first-order valence-corrected chi connectivity index (χ1v) is 37.0. The maximum absolute atomic E-state index is 15.1. The number of H-pyrrole nitrogens is 1. The second-order valence-corrected chi connectivity index (χ2v) is 28.0. The number of aliphatic hydroxyl groups excluding tert-OH is 1. The van der Waals surface area contributed by atoms with Gasteiger partial charge in [-0.1, -0.05) is 110 Å². The molecule has 1 saturated heterocycles. The van der Waals surface area contributed by atoms with Crippen molar-refractivity contribution in [2.75, 3.05) is 26.2 Å². The minimum absolute atomic E-state index is 0.00262. The average molecular weight is 1530 g/mol. The number of carbonyl (C=O) groups excluding carboxylic acids is 12. The van der Waals surface area contributed by atoms with Gasteiger partial charge in [0.1, 0.15) is 66.1 Å². The number of para-hydroxylation sites is 1. The third kappa shape index (κ3) is 25.4. The minimum atomic E-state index is -1.83. The van der Waals surface area contributed by atoms with Crippen molar-refractivity contribution in [3.05, 3.63) is 179 Å². The number of amides is 12. The third-order valence-electron chi connectivity index (χ3n) is 18.6. The molecule has 32 heteroatoms. The van der Waals surface area contributed by atoms with Gasteiger partial charge in [-0.25, -0.2) is 0 Å². The van der Waals surface area contributed by atoms with Gasteiger partial charge in [0.2, 0.25) is 65.0 Å². The molecule has 4 heterocycles. The molecule has 3 aromatic heterocycles. The number of unbranched alkanes of at least 4 members (excludes halogenated alkanes) is 1. The number of nitrogens with zero attached hydrogens (tertiary/aromatic N) is 3. The van der Waals surface area contributed by atoms with Gasteiger partial charge < -0.3 is 84.9 Å². The zero-order chi connectivity index (χ0) is 79.4. The zero-order valence-electron chi connectivity index (χ0n) is 61.7. The number of nitrogens with one attached hydrogen (secondary N) is 13. The van der Waals surface area contributed by atoms with Crippen LogP contribution in [0.3, 0.4) is 0 Å². The average Bonchev–Trinajstić information content (AvgIpc) is 1.53. The highest BCUT2D eigenvalue weighted by Gasteiger charge is 2.41. The molecular weight excluding hydrogens is 1430 g/mol. The highest BCUT2D eigenvalue weighted by molar-refractivity contribution is 6.30. The summed E-state index contributed by atoms with van der Waals surface area (Å²) in [7, 11) is 0. The number of hydrogen-bond donors (Lipinski definition) is 16. The van der Waals surface area contributed by atoms with E-state index in [9.17, 15) is 48.3 Å². The summed E-state index contributed by atoms with van der Waals surface area (Å²) in [4.78, 5) is 183. The Bertz CT molecular complexity index is 4380. The van der Waals surface area contributed by atoms with E-state index in [1.807, 2.05) is 66.7 Å². The summed E-state index contributed by atoms with van der Waals surface area (Å²) < 4.78 is 0. The van der Waals surface area contributed by atoms with Crippen molar-refractivity contribution in [2.24, 2.45) is 17.4 Å². The van der Waals surface area contributed by atoms with Crippen LogP contribution in [0, 0.1) is 11.3 Å². The van der Waals surface area contributed by atoms with Crippen LogP contribution in [0.25, 0.3) is 21.7 Å². The number of aromatic amines is 1. The third-order valence-corrected chi connectivity index (χ3v) is 18.8. The van der Waals surface area contributed by atoms with Crippen molar-refractivity contribution in [3.63, 3.8) is 0 Å².